The van der Waals surface area contributed by atoms with Gasteiger partial charge in [0.25, 0.3) is 0 Å². The minimum absolute atomic E-state index is 0.0635. The van der Waals surface area contributed by atoms with Crippen LogP contribution in [0.25, 0.3) is 12.2 Å². The van der Waals surface area contributed by atoms with E-state index in [1.54, 1.807) is 48.6 Å². The average Bonchev–Trinajstić information content (AvgIpc) is 3.06. The Morgan fingerprint density at radius 2 is 1.05 bits per heavy atom. The molecule has 104 valence electrons. The average molecular weight is 286 g/mol. The van der Waals surface area contributed by atoms with E-state index in [0.717, 1.165) is 11.1 Å². The molecule has 0 aromatic heterocycles. The van der Waals surface area contributed by atoms with Crippen LogP contribution < -0.4 is 0 Å². The molecule has 4 rings (SSSR count). The van der Waals surface area contributed by atoms with Gasteiger partial charge in [-0.05, 0) is 23.3 Å². The van der Waals surface area contributed by atoms with Crippen molar-refractivity contribution in [3.8, 4) is 0 Å². The molecule has 3 nitrogen and oxygen atoms in total. The summed E-state index contributed by atoms with van der Waals surface area (Å²) in [4.78, 5) is 37.3. The van der Waals surface area contributed by atoms with E-state index in [2.05, 4.69) is 0 Å². The number of Topliss-reactive ketones (excluding diaryl/α,β-unsaturated/α-hetero) is 3. The quantitative estimate of drug-likeness (QED) is 0.797. The number of carbonyl (C=O) groups is 3. The summed E-state index contributed by atoms with van der Waals surface area (Å²) in [6.45, 7) is 0. The van der Waals surface area contributed by atoms with Crippen molar-refractivity contribution in [3.05, 3.63) is 81.9 Å². The minimum atomic E-state index is -0.498. The maximum Gasteiger partial charge on any atom is 0.200 e. The van der Waals surface area contributed by atoms with Gasteiger partial charge in [-0.25, -0.2) is 0 Å². The summed E-state index contributed by atoms with van der Waals surface area (Å²) >= 11 is 0. The monoisotopic (exact) mass is 286 g/mol. The van der Waals surface area contributed by atoms with Crippen molar-refractivity contribution in [1.82, 2.24) is 0 Å². The molecule has 3 heteroatoms. The maximum atomic E-state index is 12.6. The second-order valence-corrected chi connectivity index (χ2v) is 5.28. The zero-order valence-electron chi connectivity index (χ0n) is 11.5. The fourth-order valence-corrected chi connectivity index (χ4v) is 2.87. The molecule has 2 aliphatic carbocycles. The first-order valence-corrected chi connectivity index (χ1v) is 6.92. The normalized spacial score (nSPS) is 15.3. The summed E-state index contributed by atoms with van der Waals surface area (Å²) in [7, 11) is 0. The summed E-state index contributed by atoms with van der Waals surface area (Å²) in [5.74, 6) is -1.13. The van der Waals surface area contributed by atoms with Gasteiger partial charge in [-0.1, -0.05) is 48.5 Å². The number of ketones is 3. The van der Waals surface area contributed by atoms with Crippen molar-refractivity contribution >= 4 is 29.5 Å². The van der Waals surface area contributed by atoms with E-state index in [9.17, 15) is 14.4 Å². The molecule has 2 aromatic carbocycles. The van der Waals surface area contributed by atoms with Crippen molar-refractivity contribution in [2.24, 2.45) is 0 Å². The molecule has 0 amide bonds. The molecule has 0 saturated carbocycles. The van der Waals surface area contributed by atoms with Gasteiger partial charge in [-0.3, -0.25) is 14.4 Å². The summed E-state index contributed by atoms with van der Waals surface area (Å²) in [5, 5.41) is 0. The number of hydrogen-bond donors (Lipinski definition) is 0. The highest BCUT2D eigenvalue weighted by Gasteiger charge is 2.34. The Kier molecular flexibility index (Phi) is 2.57. The van der Waals surface area contributed by atoms with Crippen LogP contribution in [0.15, 0.2) is 59.7 Å². The Balaban J connectivity index is 1.74. The van der Waals surface area contributed by atoms with E-state index in [0.29, 0.717) is 11.1 Å². The Hall–Kier alpha value is -3.07. The molecule has 0 unspecified atom stereocenters. The van der Waals surface area contributed by atoms with Crippen molar-refractivity contribution in [3.63, 3.8) is 0 Å². The van der Waals surface area contributed by atoms with Crippen molar-refractivity contribution < 1.29 is 14.4 Å². The number of allylic oxidation sites excluding steroid dienone is 2. The Morgan fingerprint density at radius 3 is 1.45 bits per heavy atom. The van der Waals surface area contributed by atoms with Crippen LogP contribution in [0.2, 0.25) is 0 Å². The van der Waals surface area contributed by atoms with Gasteiger partial charge in [0.2, 0.25) is 5.78 Å². The molecule has 0 aliphatic heterocycles. The Bertz CT molecular complexity index is 854. The lowest BCUT2D eigenvalue weighted by Crippen LogP contribution is -2.16. The standard InChI is InChI=1S/C19H10O3/c20-17-13-7-3-1-5-11(13)9-15(17)19(22)16-10-12-6-2-4-8-14(12)18(16)21/h1-10H. The lowest BCUT2D eigenvalue weighted by Gasteiger charge is -2.01. The third kappa shape index (κ3) is 1.66. The van der Waals surface area contributed by atoms with Gasteiger partial charge < -0.3 is 0 Å². The van der Waals surface area contributed by atoms with Gasteiger partial charge in [0.05, 0.1) is 11.1 Å². The minimum Gasteiger partial charge on any atom is -0.288 e. The number of carbonyl (C=O) groups excluding carboxylic acids is 3. The first-order valence-electron chi connectivity index (χ1n) is 6.92. The van der Waals surface area contributed by atoms with Gasteiger partial charge in [-0.15, -0.1) is 0 Å². The molecule has 0 N–H and O–H groups in total. The summed E-state index contributed by atoms with van der Waals surface area (Å²) in [6, 6.07) is 14.1. The van der Waals surface area contributed by atoms with Crippen LogP contribution in [0, 0.1) is 0 Å². The fraction of sp³-hybridized carbons (Fsp3) is 0. The first kappa shape index (κ1) is 12.7. The molecule has 0 fully saturated rings. The first-order chi connectivity index (χ1) is 10.7. The van der Waals surface area contributed by atoms with Gasteiger partial charge in [0.1, 0.15) is 0 Å². The van der Waals surface area contributed by atoms with Crippen LogP contribution in [0.4, 0.5) is 0 Å². The second kappa shape index (κ2) is 4.46. The highest BCUT2D eigenvalue weighted by Crippen LogP contribution is 2.31. The summed E-state index contributed by atoms with van der Waals surface area (Å²) in [5.41, 5.74) is 2.59. The van der Waals surface area contributed by atoms with Crippen molar-refractivity contribution in [2.75, 3.05) is 0 Å². The van der Waals surface area contributed by atoms with Gasteiger partial charge in [0, 0.05) is 11.1 Å². The second-order valence-electron chi connectivity index (χ2n) is 5.28. The molecular formula is C19H10O3. The van der Waals surface area contributed by atoms with Crippen LogP contribution >= 0.6 is 0 Å². The van der Waals surface area contributed by atoms with Crippen LogP contribution in [0.1, 0.15) is 31.8 Å². The summed E-state index contributed by atoms with van der Waals surface area (Å²) < 4.78 is 0. The van der Waals surface area contributed by atoms with E-state index in [-0.39, 0.29) is 22.7 Å². The Morgan fingerprint density at radius 1 is 0.636 bits per heavy atom. The van der Waals surface area contributed by atoms with Crippen LogP contribution in [0.5, 0.6) is 0 Å². The molecule has 0 radical (unpaired) electrons. The summed E-state index contributed by atoms with van der Waals surface area (Å²) in [6.07, 6.45) is 3.13. The molecule has 0 spiro atoms. The maximum absolute atomic E-state index is 12.6. The molecule has 2 aliphatic rings. The van der Waals surface area contributed by atoms with Gasteiger partial charge in [-0.2, -0.15) is 0 Å². The third-order valence-corrected chi connectivity index (χ3v) is 3.99. The Labute approximate surface area is 126 Å². The van der Waals surface area contributed by atoms with Crippen molar-refractivity contribution in [2.45, 2.75) is 0 Å². The highest BCUT2D eigenvalue weighted by atomic mass is 16.2. The number of fused-ring (bicyclic) bond motifs is 2. The SMILES string of the molecule is O=C(C1=Cc2ccccc2C1=O)C1=Cc2ccccc2C1=O. The molecule has 0 heterocycles. The fourth-order valence-electron chi connectivity index (χ4n) is 2.87. The van der Waals surface area contributed by atoms with Crippen LogP contribution in [-0.4, -0.2) is 17.3 Å². The molecule has 0 saturated heterocycles. The topological polar surface area (TPSA) is 51.2 Å². The molecule has 22 heavy (non-hydrogen) atoms. The predicted molar refractivity (Wildman–Crippen MR) is 82.5 cm³/mol. The predicted octanol–water partition coefficient (Wildman–Crippen LogP) is 3.12. The van der Waals surface area contributed by atoms with E-state index >= 15 is 0 Å². The van der Waals surface area contributed by atoms with Gasteiger partial charge in [0.15, 0.2) is 11.6 Å². The van der Waals surface area contributed by atoms with E-state index in [1.165, 1.54) is 0 Å². The smallest absolute Gasteiger partial charge is 0.200 e. The molecule has 0 atom stereocenters. The lowest BCUT2D eigenvalue weighted by atomic mass is 9.98. The van der Waals surface area contributed by atoms with Crippen molar-refractivity contribution in [1.29, 1.82) is 0 Å². The lowest BCUT2D eigenvalue weighted by molar-refractivity contribution is -0.111. The molecular weight excluding hydrogens is 276 g/mol. The largest absolute Gasteiger partial charge is 0.288 e. The molecule has 2 aromatic rings. The zero-order valence-corrected chi connectivity index (χ0v) is 11.5. The highest BCUT2D eigenvalue weighted by molar-refractivity contribution is 6.45. The van der Waals surface area contributed by atoms with E-state index < -0.39 is 5.78 Å². The number of hydrogen-bond acceptors (Lipinski definition) is 3. The zero-order chi connectivity index (χ0) is 15.3. The number of rotatable bonds is 2. The van der Waals surface area contributed by atoms with E-state index in [1.807, 2.05) is 12.1 Å². The van der Waals surface area contributed by atoms with Crippen LogP contribution in [0.3, 0.4) is 0 Å². The molecule has 0 bridgehead atoms. The third-order valence-electron chi connectivity index (χ3n) is 3.99. The number of benzene rings is 2. The van der Waals surface area contributed by atoms with Gasteiger partial charge >= 0.3 is 0 Å². The van der Waals surface area contributed by atoms with Crippen LogP contribution in [-0.2, 0) is 4.79 Å². The van der Waals surface area contributed by atoms with E-state index in [4.69, 9.17) is 0 Å².